The molecule has 0 N–H and O–H groups in total. The van der Waals surface area contributed by atoms with Crippen LogP contribution in [0.5, 0.6) is 0 Å². The summed E-state index contributed by atoms with van der Waals surface area (Å²) in [5, 5.41) is 4.24. The monoisotopic (exact) mass is 354 g/mol. The van der Waals surface area contributed by atoms with E-state index >= 15 is 0 Å². The number of hydrogen-bond donors (Lipinski definition) is 0. The van der Waals surface area contributed by atoms with Gasteiger partial charge in [0.2, 0.25) is 0 Å². The summed E-state index contributed by atoms with van der Waals surface area (Å²) < 4.78 is 20.2. The first-order chi connectivity index (χ1) is 9.67. The van der Waals surface area contributed by atoms with Crippen LogP contribution in [0.1, 0.15) is 26.5 Å². The standard InChI is InChI=1S/C15H16BrFN2O2/c1-9-7-13(11-6-5-10(17)8-12(11)16)18-19(9)14(20)21-15(2,3)4/h5-8H,1-4H3. The zero-order chi connectivity index (χ0) is 15.8. The normalized spacial score (nSPS) is 11.5. The highest BCUT2D eigenvalue weighted by molar-refractivity contribution is 9.10. The fourth-order valence-electron chi connectivity index (χ4n) is 1.79. The van der Waals surface area contributed by atoms with E-state index in [9.17, 15) is 9.18 Å². The van der Waals surface area contributed by atoms with Crippen molar-refractivity contribution in [3.05, 3.63) is 40.2 Å². The Bertz CT molecular complexity index is 689. The minimum absolute atomic E-state index is 0.339. The number of carbonyl (C=O) groups is 1. The number of aryl methyl sites for hydroxylation is 1. The van der Waals surface area contributed by atoms with Crippen LogP contribution < -0.4 is 0 Å². The Morgan fingerprint density at radius 1 is 1.33 bits per heavy atom. The van der Waals surface area contributed by atoms with Crippen molar-refractivity contribution >= 4 is 22.0 Å². The molecule has 0 aliphatic rings. The molecule has 1 aromatic carbocycles. The smallest absolute Gasteiger partial charge is 0.435 e. The lowest BCUT2D eigenvalue weighted by Gasteiger charge is -2.19. The minimum atomic E-state index is -0.591. The largest absolute Gasteiger partial charge is 0.442 e. The van der Waals surface area contributed by atoms with E-state index in [0.717, 1.165) is 0 Å². The topological polar surface area (TPSA) is 44.1 Å². The number of ether oxygens (including phenoxy) is 1. The van der Waals surface area contributed by atoms with Crippen LogP contribution in [0.15, 0.2) is 28.7 Å². The van der Waals surface area contributed by atoms with Gasteiger partial charge < -0.3 is 4.74 Å². The first-order valence-corrected chi connectivity index (χ1v) is 7.22. The number of nitrogens with zero attached hydrogens (tertiary/aromatic N) is 2. The summed E-state index contributed by atoms with van der Waals surface area (Å²) in [7, 11) is 0. The molecule has 0 unspecified atom stereocenters. The van der Waals surface area contributed by atoms with Gasteiger partial charge in [0.15, 0.2) is 0 Å². The van der Waals surface area contributed by atoms with Crippen LogP contribution in [0.4, 0.5) is 9.18 Å². The van der Waals surface area contributed by atoms with E-state index in [4.69, 9.17) is 4.74 Å². The fourth-order valence-corrected chi connectivity index (χ4v) is 2.35. The molecule has 0 bridgehead atoms. The molecule has 0 spiro atoms. The minimum Gasteiger partial charge on any atom is -0.442 e. The molecular weight excluding hydrogens is 339 g/mol. The predicted molar refractivity (Wildman–Crippen MR) is 81.7 cm³/mol. The third-order valence-electron chi connectivity index (χ3n) is 2.66. The maximum absolute atomic E-state index is 13.1. The molecule has 0 atom stereocenters. The lowest BCUT2D eigenvalue weighted by Crippen LogP contribution is -2.28. The molecule has 0 aliphatic carbocycles. The molecule has 0 saturated carbocycles. The highest BCUT2D eigenvalue weighted by Crippen LogP contribution is 2.28. The number of benzene rings is 1. The summed E-state index contributed by atoms with van der Waals surface area (Å²) in [6.07, 6.45) is -0.538. The van der Waals surface area contributed by atoms with Crippen LogP contribution >= 0.6 is 15.9 Å². The molecule has 6 heteroatoms. The molecule has 112 valence electrons. The zero-order valence-electron chi connectivity index (χ0n) is 12.3. The Kier molecular flexibility index (Phi) is 4.18. The second-order valence-corrected chi connectivity index (χ2v) is 6.54. The number of hydrogen-bond acceptors (Lipinski definition) is 3. The van der Waals surface area contributed by atoms with Gasteiger partial charge in [0.25, 0.3) is 0 Å². The zero-order valence-corrected chi connectivity index (χ0v) is 13.9. The van der Waals surface area contributed by atoms with Crippen LogP contribution in [0.2, 0.25) is 0 Å². The van der Waals surface area contributed by atoms with Gasteiger partial charge in [-0.05, 0) is 67.9 Å². The Morgan fingerprint density at radius 2 is 2.00 bits per heavy atom. The molecule has 0 saturated heterocycles. The Labute approximate surface area is 131 Å². The van der Waals surface area contributed by atoms with E-state index in [-0.39, 0.29) is 5.82 Å². The quantitative estimate of drug-likeness (QED) is 0.754. The number of aromatic nitrogens is 2. The molecule has 2 aromatic rings. The molecule has 4 nitrogen and oxygen atoms in total. The maximum Gasteiger partial charge on any atom is 0.435 e. The summed E-state index contributed by atoms with van der Waals surface area (Å²) in [5.74, 6) is -0.339. The number of rotatable bonds is 1. The summed E-state index contributed by atoms with van der Waals surface area (Å²) in [5.41, 5.74) is 1.34. The van der Waals surface area contributed by atoms with Crippen molar-refractivity contribution in [2.75, 3.05) is 0 Å². The second-order valence-electron chi connectivity index (χ2n) is 5.69. The van der Waals surface area contributed by atoms with E-state index in [1.165, 1.54) is 16.8 Å². The van der Waals surface area contributed by atoms with Gasteiger partial charge >= 0.3 is 6.09 Å². The van der Waals surface area contributed by atoms with Gasteiger partial charge in [-0.1, -0.05) is 0 Å². The maximum atomic E-state index is 13.1. The highest BCUT2D eigenvalue weighted by atomic mass is 79.9. The summed E-state index contributed by atoms with van der Waals surface area (Å²) in [6, 6.07) is 6.07. The van der Waals surface area contributed by atoms with Crippen molar-refractivity contribution in [3.63, 3.8) is 0 Å². The Morgan fingerprint density at radius 3 is 2.57 bits per heavy atom. The van der Waals surface area contributed by atoms with Crippen molar-refractivity contribution in [2.24, 2.45) is 0 Å². The first-order valence-electron chi connectivity index (χ1n) is 6.43. The lowest BCUT2D eigenvalue weighted by atomic mass is 10.1. The van der Waals surface area contributed by atoms with Crippen LogP contribution in [-0.2, 0) is 4.74 Å². The van der Waals surface area contributed by atoms with Crippen molar-refractivity contribution in [3.8, 4) is 11.3 Å². The van der Waals surface area contributed by atoms with E-state index in [1.807, 2.05) is 0 Å². The van der Waals surface area contributed by atoms with Crippen molar-refractivity contribution in [2.45, 2.75) is 33.3 Å². The Hall–Kier alpha value is -1.69. The molecule has 0 radical (unpaired) electrons. The molecule has 0 aliphatic heterocycles. The molecular formula is C15H16BrFN2O2. The van der Waals surface area contributed by atoms with E-state index < -0.39 is 11.7 Å². The van der Waals surface area contributed by atoms with E-state index in [0.29, 0.717) is 21.4 Å². The lowest BCUT2D eigenvalue weighted by molar-refractivity contribution is 0.0511. The van der Waals surface area contributed by atoms with Crippen molar-refractivity contribution < 1.29 is 13.9 Å². The van der Waals surface area contributed by atoms with E-state index in [2.05, 4.69) is 21.0 Å². The van der Waals surface area contributed by atoms with Gasteiger partial charge in [0.05, 0.1) is 5.69 Å². The van der Waals surface area contributed by atoms with Crippen LogP contribution in [0, 0.1) is 12.7 Å². The SMILES string of the molecule is Cc1cc(-c2ccc(F)cc2Br)nn1C(=O)OC(C)(C)C. The molecule has 1 heterocycles. The number of carbonyl (C=O) groups excluding carboxylic acids is 1. The third-order valence-corrected chi connectivity index (χ3v) is 3.32. The molecule has 1 aromatic heterocycles. The fraction of sp³-hybridized carbons (Fsp3) is 0.333. The van der Waals surface area contributed by atoms with Gasteiger partial charge in [-0.3, -0.25) is 0 Å². The summed E-state index contributed by atoms with van der Waals surface area (Å²) in [6.45, 7) is 7.14. The van der Waals surface area contributed by atoms with Crippen LogP contribution in [-0.4, -0.2) is 21.5 Å². The van der Waals surface area contributed by atoms with Crippen LogP contribution in [0.25, 0.3) is 11.3 Å². The van der Waals surface area contributed by atoms with E-state index in [1.54, 1.807) is 39.8 Å². The summed E-state index contributed by atoms with van der Waals surface area (Å²) >= 11 is 3.30. The van der Waals surface area contributed by atoms with Crippen LogP contribution in [0.3, 0.4) is 0 Å². The van der Waals surface area contributed by atoms with Gasteiger partial charge in [-0.25, -0.2) is 9.18 Å². The third kappa shape index (κ3) is 3.69. The van der Waals surface area contributed by atoms with Crippen molar-refractivity contribution in [1.29, 1.82) is 0 Å². The number of halogens is 2. The molecule has 0 amide bonds. The molecule has 0 fully saturated rings. The van der Waals surface area contributed by atoms with Gasteiger partial charge in [-0.15, -0.1) is 0 Å². The second kappa shape index (κ2) is 5.60. The average Bonchev–Trinajstić information content (AvgIpc) is 2.68. The van der Waals surface area contributed by atoms with Crippen molar-refractivity contribution in [1.82, 2.24) is 9.78 Å². The van der Waals surface area contributed by atoms with Gasteiger partial charge in [0.1, 0.15) is 11.4 Å². The van der Waals surface area contributed by atoms with Gasteiger partial charge in [-0.2, -0.15) is 9.78 Å². The molecule has 2 rings (SSSR count). The van der Waals surface area contributed by atoms with Gasteiger partial charge in [0, 0.05) is 15.7 Å². The average molecular weight is 355 g/mol. The molecule has 21 heavy (non-hydrogen) atoms. The highest BCUT2D eigenvalue weighted by Gasteiger charge is 2.21. The summed E-state index contributed by atoms with van der Waals surface area (Å²) in [4.78, 5) is 12.1. The Balaban J connectivity index is 2.37. The predicted octanol–water partition coefficient (Wildman–Crippen LogP) is 4.54. The first kappa shape index (κ1) is 15.7.